The Hall–Kier alpha value is -0.380. The second kappa shape index (κ2) is 8.03. The minimum atomic E-state index is 0.302. The number of hydrogen-bond donors (Lipinski definition) is 1. The molecule has 0 saturated carbocycles. The van der Waals surface area contributed by atoms with Gasteiger partial charge in [-0.25, -0.2) is 0 Å². The van der Waals surface area contributed by atoms with Crippen molar-refractivity contribution in [2.24, 2.45) is 5.41 Å². The van der Waals surface area contributed by atoms with Gasteiger partial charge in [0.2, 0.25) is 0 Å². The average molecular weight is 327 g/mol. The van der Waals surface area contributed by atoms with Gasteiger partial charge in [0.15, 0.2) is 0 Å². The third-order valence-corrected chi connectivity index (χ3v) is 3.56. The first-order valence-corrected chi connectivity index (χ1v) is 7.86. The lowest BCUT2D eigenvalue weighted by Crippen LogP contribution is -2.39. The minimum Gasteiger partial charge on any atom is -0.316 e. The molecule has 0 fully saturated rings. The van der Waals surface area contributed by atoms with Crippen molar-refractivity contribution in [2.75, 3.05) is 26.7 Å². The van der Waals surface area contributed by atoms with Crippen molar-refractivity contribution in [3.63, 3.8) is 0 Å². The number of nitrogens with zero attached hydrogens (tertiary/aromatic N) is 1. The molecule has 1 N–H and O–H groups in total. The van der Waals surface area contributed by atoms with E-state index in [1.165, 1.54) is 12.0 Å². The number of hydrogen-bond acceptors (Lipinski definition) is 2. The van der Waals surface area contributed by atoms with Crippen molar-refractivity contribution in [3.05, 3.63) is 34.3 Å². The van der Waals surface area contributed by atoms with Gasteiger partial charge in [0.1, 0.15) is 0 Å². The summed E-state index contributed by atoms with van der Waals surface area (Å²) in [5.41, 5.74) is 1.66. The topological polar surface area (TPSA) is 15.3 Å². The fourth-order valence-electron chi connectivity index (χ4n) is 2.39. The molecule has 1 aromatic rings. The van der Waals surface area contributed by atoms with E-state index in [4.69, 9.17) is 0 Å². The Balaban J connectivity index is 2.43. The van der Waals surface area contributed by atoms with Crippen LogP contribution in [0.2, 0.25) is 0 Å². The van der Waals surface area contributed by atoms with Crippen LogP contribution in [0.5, 0.6) is 0 Å². The third kappa shape index (κ3) is 7.09. The molecule has 0 radical (unpaired) electrons. The lowest BCUT2D eigenvalue weighted by atomic mass is 9.92. The highest BCUT2D eigenvalue weighted by Gasteiger charge is 2.19. The molecule has 0 aliphatic rings. The number of nitrogens with one attached hydrogen (secondary N) is 1. The molecule has 0 spiro atoms. The SMILES string of the molecule is CCCNCC(C)(C)CN(C)Cc1cccc(Br)c1. The standard InChI is InChI=1S/C16H27BrN2/c1-5-9-18-12-16(2,3)13-19(4)11-14-7-6-8-15(17)10-14/h6-8,10,18H,5,9,11-13H2,1-4H3. The summed E-state index contributed by atoms with van der Waals surface area (Å²) in [6.45, 7) is 11.1. The van der Waals surface area contributed by atoms with Crippen molar-refractivity contribution in [1.82, 2.24) is 10.2 Å². The quantitative estimate of drug-likeness (QED) is 0.729. The predicted molar refractivity (Wildman–Crippen MR) is 87.4 cm³/mol. The van der Waals surface area contributed by atoms with E-state index in [0.717, 1.165) is 30.7 Å². The van der Waals surface area contributed by atoms with Crippen molar-refractivity contribution in [3.8, 4) is 0 Å². The maximum absolute atomic E-state index is 3.53. The van der Waals surface area contributed by atoms with Crippen LogP contribution in [0.4, 0.5) is 0 Å². The van der Waals surface area contributed by atoms with Crippen LogP contribution in [-0.4, -0.2) is 31.6 Å². The number of rotatable bonds is 8. The smallest absolute Gasteiger partial charge is 0.0231 e. The molecule has 2 nitrogen and oxygen atoms in total. The summed E-state index contributed by atoms with van der Waals surface area (Å²) < 4.78 is 1.15. The van der Waals surface area contributed by atoms with Gasteiger partial charge in [-0.1, -0.05) is 48.8 Å². The first-order valence-electron chi connectivity index (χ1n) is 7.06. The zero-order chi connectivity index (χ0) is 14.3. The van der Waals surface area contributed by atoms with E-state index in [0.29, 0.717) is 5.41 Å². The monoisotopic (exact) mass is 326 g/mol. The molecule has 0 aliphatic carbocycles. The molecule has 0 unspecified atom stereocenters. The minimum absolute atomic E-state index is 0.302. The Labute approximate surface area is 126 Å². The molecule has 1 rings (SSSR count). The van der Waals surface area contributed by atoms with E-state index in [1.54, 1.807) is 0 Å². The van der Waals surface area contributed by atoms with E-state index >= 15 is 0 Å². The number of benzene rings is 1. The van der Waals surface area contributed by atoms with Crippen LogP contribution in [0.1, 0.15) is 32.8 Å². The second-order valence-electron chi connectivity index (χ2n) is 6.14. The van der Waals surface area contributed by atoms with E-state index in [2.05, 4.69) is 78.2 Å². The van der Waals surface area contributed by atoms with Gasteiger partial charge in [0.25, 0.3) is 0 Å². The summed E-state index contributed by atoms with van der Waals surface area (Å²) in [4.78, 5) is 2.40. The van der Waals surface area contributed by atoms with Crippen LogP contribution < -0.4 is 5.32 Å². The zero-order valence-corrected chi connectivity index (χ0v) is 14.3. The normalized spacial score (nSPS) is 12.1. The fourth-order valence-corrected chi connectivity index (χ4v) is 2.84. The molecule has 19 heavy (non-hydrogen) atoms. The molecule has 0 bridgehead atoms. The van der Waals surface area contributed by atoms with Crippen molar-refractivity contribution in [1.29, 1.82) is 0 Å². The van der Waals surface area contributed by atoms with Crippen molar-refractivity contribution < 1.29 is 0 Å². The number of halogens is 1. The van der Waals surface area contributed by atoms with E-state index < -0.39 is 0 Å². The van der Waals surface area contributed by atoms with Gasteiger partial charge in [0, 0.05) is 24.1 Å². The molecule has 0 atom stereocenters. The summed E-state index contributed by atoms with van der Waals surface area (Å²) >= 11 is 3.53. The molecule has 108 valence electrons. The highest BCUT2D eigenvalue weighted by atomic mass is 79.9. The predicted octanol–water partition coefficient (Wildman–Crippen LogP) is 3.91. The lowest BCUT2D eigenvalue weighted by molar-refractivity contribution is 0.199. The summed E-state index contributed by atoms with van der Waals surface area (Å²) in [7, 11) is 2.20. The molecule has 0 heterocycles. The van der Waals surface area contributed by atoms with E-state index in [9.17, 15) is 0 Å². The largest absolute Gasteiger partial charge is 0.316 e. The zero-order valence-electron chi connectivity index (χ0n) is 12.7. The van der Waals surface area contributed by atoms with Gasteiger partial charge >= 0.3 is 0 Å². The van der Waals surface area contributed by atoms with Gasteiger partial charge in [-0.05, 0) is 43.1 Å². The third-order valence-electron chi connectivity index (χ3n) is 3.07. The second-order valence-corrected chi connectivity index (χ2v) is 7.06. The maximum Gasteiger partial charge on any atom is 0.0231 e. The fraction of sp³-hybridized carbons (Fsp3) is 0.625. The van der Waals surface area contributed by atoms with Gasteiger partial charge in [-0.2, -0.15) is 0 Å². The van der Waals surface area contributed by atoms with Crippen LogP contribution in [-0.2, 0) is 6.54 Å². The lowest BCUT2D eigenvalue weighted by Gasteiger charge is -2.30. The van der Waals surface area contributed by atoms with Crippen LogP contribution >= 0.6 is 15.9 Å². The summed E-state index contributed by atoms with van der Waals surface area (Å²) in [6, 6.07) is 8.55. The molecule has 3 heteroatoms. The summed E-state index contributed by atoms with van der Waals surface area (Å²) in [5, 5.41) is 3.52. The maximum atomic E-state index is 3.53. The van der Waals surface area contributed by atoms with Gasteiger partial charge in [-0.3, -0.25) is 0 Å². The Kier molecular flexibility index (Phi) is 7.05. The molecular formula is C16H27BrN2. The molecule has 0 aromatic heterocycles. The highest BCUT2D eigenvalue weighted by Crippen LogP contribution is 2.18. The molecule has 0 saturated heterocycles. The van der Waals surface area contributed by atoms with Crippen LogP contribution in [0.25, 0.3) is 0 Å². The Morgan fingerprint density at radius 1 is 1.32 bits per heavy atom. The Morgan fingerprint density at radius 2 is 2.05 bits per heavy atom. The molecular weight excluding hydrogens is 300 g/mol. The van der Waals surface area contributed by atoms with E-state index in [-0.39, 0.29) is 0 Å². The molecule has 1 aromatic carbocycles. The van der Waals surface area contributed by atoms with Gasteiger partial charge < -0.3 is 10.2 Å². The molecule has 0 amide bonds. The summed E-state index contributed by atoms with van der Waals surface area (Å²) in [5.74, 6) is 0. The van der Waals surface area contributed by atoms with Crippen LogP contribution in [0.3, 0.4) is 0 Å². The van der Waals surface area contributed by atoms with Gasteiger partial charge in [0.05, 0.1) is 0 Å². The van der Waals surface area contributed by atoms with Crippen LogP contribution in [0.15, 0.2) is 28.7 Å². The molecule has 0 aliphatic heterocycles. The first kappa shape index (κ1) is 16.7. The van der Waals surface area contributed by atoms with Crippen LogP contribution in [0, 0.1) is 5.41 Å². The Morgan fingerprint density at radius 3 is 2.68 bits per heavy atom. The highest BCUT2D eigenvalue weighted by molar-refractivity contribution is 9.10. The van der Waals surface area contributed by atoms with E-state index in [1.807, 2.05) is 0 Å². The van der Waals surface area contributed by atoms with Gasteiger partial charge in [-0.15, -0.1) is 0 Å². The average Bonchev–Trinajstić information content (AvgIpc) is 2.27. The first-order chi connectivity index (χ1) is 8.93. The summed E-state index contributed by atoms with van der Waals surface area (Å²) in [6.07, 6.45) is 1.20. The van der Waals surface area contributed by atoms with Crippen molar-refractivity contribution in [2.45, 2.75) is 33.7 Å². The Bertz CT molecular complexity index is 377. The van der Waals surface area contributed by atoms with Crippen molar-refractivity contribution >= 4 is 15.9 Å².